The van der Waals surface area contributed by atoms with Crippen LogP contribution in [0.4, 0.5) is 0 Å². The molecule has 5 heteroatoms. The SMILES string of the molecule is Cc1ccc(OP([O-])Oc2ccc(C)cc2)cc1.[Na+]. The summed E-state index contributed by atoms with van der Waals surface area (Å²) in [5, 5.41) is 0. The molecule has 0 bridgehead atoms. The minimum absolute atomic E-state index is 0. The zero-order chi connectivity index (χ0) is 13.0. The second-order valence-corrected chi connectivity index (χ2v) is 4.84. The van der Waals surface area contributed by atoms with Crippen molar-refractivity contribution < 1.29 is 43.5 Å². The van der Waals surface area contributed by atoms with Crippen molar-refractivity contribution in [2.24, 2.45) is 0 Å². The van der Waals surface area contributed by atoms with Crippen molar-refractivity contribution in [2.45, 2.75) is 13.8 Å². The number of hydrogen-bond acceptors (Lipinski definition) is 3. The maximum absolute atomic E-state index is 11.7. The smallest absolute Gasteiger partial charge is 0.765 e. The Hall–Kier alpha value is -0.570. The monoisotopic (exact) mass is 284 g/mol. The predicted octanol–water partition coefficient (Wildman–Crippen LogP) is 0.352. The molecule has 0 heterocycles. The van der Waals surface area contributed by atoms with Crippen LogP contribution in [-0.2, 0) is 0 Å². The van der Waals surface area contributed by atoms with Crippen molar-refractivity contribution in [1.29, 1.82) is 0 Å². The van der Waals surface area contributed by atoms with Gasteiger partial charge in [0.1, 0.15) is 11.5 Å². The quantitative estimate of drug-likeness (QED) is 0.601. The summed E-state index contributed by atoms with van der Waals surface area (Å²) in [6.45, 7) is 3.96. The molecule has 0 aliphatic rings. The molecule has 0 N–H and O–H groups in total. The summed E-state index contributed by atoms with van der Waals surface area (Å²) in [4.78, 5) is 11.7. The van der Waals surface area contributed by atoms with Gasteiger partial charge in [0, 0.05) is 0 Å². The largest absolute Gasteiger partial charge is 1.00 e. The standard InChI is InChI=1S/C14H14O3P.Na/c1-11-3-7-13(8-4-11)16-18(15)17-14-9-5-12(2)6-10-14;/h3-10H,1-2H3;/q-1;+1. The number of rotatable bonds is 4. The van der Waals surface area contributed by atoms with Gasteiger partial charge in [-0.3, -0.25) is 0 Å². The van der Waals surface area contributed by atoms with Crippen LogP contribution in [-0.4, -0.2) is 0 Å². The Morgan fingerprint density at radius 1 is 0.737 bits per heavy atom. The summed E-state index contributed by atoms with van der Waals surface area (Å²) in [6, 6.07) is 14.6. The van der Waals surface area contributed by atoms with Gasteiger partial charge in [-0.25, -0.2) is 0 Å². The van der Waals surface area contributed by atoms with Crippen LogP contribution in [0.5, 0.6) is 11.5 Å². The van der Waals surface area contributed by atoms with Crippen molar-refractivity contribution in [3.05, 3.63) is 59.7 Å². The molecule has 0 aliphatic carbocycles. The summed E-state index contributed by atoms with van der Waals surface area (Å²) in [6.07, 6.45) is 0. The van der Waals surface area contributed by atoms with E-state index in [9.17, 15) is 4.89 Å². The predicted molar refractivity (Wildman–Crippen MR) is 70.5 cm³/mol. The molecule has 0 fully saturated rings. The minimum Gasteiger partial charge on any atom is -0.765 e. The van der Waals surface area contributed by atoms with Gasteiger partial charge in [0.25, 0.3) is 0 Å². The zero-order valence-corrected chi connectivity index (χ0v) is 14.2. The Morgan fingerprint density at radius 3 is 1.37 bits per heavy atom. The van der Waals surface area contributed by atoms with E-state index in [1.54, 1.807) is 24.3 Å². The summed E-state index contributed by atoms with van der Waals surface area (Å²) in [5.74, 6) is 1.07. The average molecular weight is 284 g/mol. The van der Waals surface area contributed by atoms with E-state index in [2.05, 4.69) is 0 Å². The second-order valence-electron chi connectivity index (χ2n) is 4.03. The van der Waals surface area contributed by atoms with Crippen LogP contribution in [0.15, 0.2) is 48.5 Å². The van der Waals surface area contributed by atoms with E-state index in [1.807, 2.05) is 38.1 Å². The van der Waals surface area contributed by atoms with Crippen molar-refractivity contribution in [3.8, 4) is 11.5 Å². The normalized spacial score (nSPS) is 9.89. The van der Waals surface area contributed by atoms with Crippen LogP contribution in [0.2, 0.25) is 0 Å². The van der Waals surface area contributed by atoms with Crippen molar-refractivity contribution in [1.82, 2.24) is 0 Å². The molecule has 0 atom stereocenters. The summed E-state index contributed by atoms with van der Waals surface area (Å²) in [5.41, 5.74) is 2.24. The van der Waals surface area contributed by atoms with Gasteiger partial charge in [-0.05, 0) is 38.1 Å². The average Bonchev–Trinajstić information content (AvgIpc) is 2.35. The Labute approximate surface area is 136 Å². The first-order valence-electron chi connectivity index (χ1n) is 5.60. The molecule has 19 heavy (non-hydrogen) atoms. The van der Waals surface area contributed by atoms with E-state index < -0.39 is 8.60 Å². The fraction of sp³-hybridized carbons (Fsp3) is 0.143. The molecule has 0 saturated heterocycles. The van der Waals surface area contributed by atoms with Gasteiger partial charge < -0.3 is 13.9 Å². The molecule has 0 aromatic heterocycles. The number of aryl methyl sites for hydroxylation is 2. The molecule has 94 valence electrons. The molecule has 0 saturated carbocycles. The molecule has 2 aromatic carbocycles. The first kappa shape index (κ1) is 16.5. The van der Waals surface area contributed by atoms with Crippen LogP contribution >= 0.6 is 8.60 Å². The first-order chi connectivity index (χ1) is 8.63. The Bertz CT molecular complexity index is 452. The maximum Gasteiger partial charge on any atom is 1.00 e. The van der Waals surface area contributed by atoms with Crippen LogP contribution in [0.3, 0.4) is 0 Å². The van der Waals surface area contributed by atoms with Gasteiger partial charge in [0.05, 0.1) is 0 Å². The van der Waals surface area contributed by atoms with Crippen molar-refractivity contribution in [2.75, 3.05) is 0 Å². The Balaban J connectivity index is 0.00000180. The van der Waals surface area contributed by atoms with E-state index in [-0.39, 0.29) is 29.6 Å². The third kappa shape index (κ3) is 5.52. The third-order valence-electron chi connectivity index (χ3n) is 2.40. The van der Waals surface area contributed by atoms with Crippen LogP contribution in [0.25, 0.3) is 0 Å². The van der Waals surface area contributed by atoms with E-state index in [0.717, 1.165) is 11.1 Å². The number of benzene rings is 2. The Kier molecular flexibility index (Phi) is 6.84. The van der Waals surface area contributed by atoms with Gasteiger partial charge in [-0.15, -0.1) is 0 Å². The summed E-state index contributed by atoms with van der Waals surface area (Å²) in [7, 11) is -2.20. The van der Waals surface area contributed by atoms with Crippen molar-refractivity contribution in [3.63, 3.8) is 0 Å². The van der Waals surface area contributed by atoms with Crippen LogP contribution < -0.4 is 43.5 Å². The molecule has 3 nitrogen and oxygen atoms in total. The van der Waals surface area contributed by atoms with Gasteiger partial charge in [-0.1, -0.05) is 35.4 Å². The molecular weight excluding hydrogens is 270 g/mol. The fourth-order valence-electron chi connectivity index (χ4n) is 1.39. The minimum atomic E-state index is -2.20. The molecule has 0 spiro atoms. The maximum atomic E-state index is 11.7. The second kappa shape index (κ2) is 7.88. The van der Waals surface area contributed by atoms with Gasteiger partial charge >= 0.3 is 29.6 Å². The van der Waals surface area contributed by atoms with E-state index >= 15 is 0 Å². The summed E-state index contributed by atoms with van der Waals surface area (Å²) >= 11 is 0. The van der Waals surface area contributed by atoms with Gasteiger partial charge in [0.2, 0.25) is 8.60 Å². The molecule has 2 rings (SSSR count). The molecular formula is C14H14NaO3P. The van der Waals surface area contributed by atoms with E-state index in [1.165, 1.54) is 0 Å². The molecule has 0 unspecified atom stereocenters. The summed E-state index contributed by atoms with van der Waals surface area (Å²) < 4.78 is 10.4. The molecule has 0 amide bonds. The van der Waals surface area contributed by atoms with E-state index in [4.69, 9.17) is 9.05 Å². The molecule has 2 aromatic rings. The van der Waals surface area contributed by atoms with Gasteiger partial charge in [-0.2, -0.15) is 0 Å². The van der Waals surface area contributed by atoms with Crippen LogP contribution in [0.1, 0.15) is 11.1 Å². The van der Waals surface area contributed by atoms with Crippen LogP contribution in [0, 0.1) is 13.8 Å². The van der Waals surface area contributed by atoms with Gasteiger partial charge in [0.15, 0.2) is 0 Å². The zero-order valence-electron chi connectivity index (χ0n) is 11.3. The fourth-order valence-corrected chi connectivity index (χ4v) is 2.01. The number of hydrogen-bond donors (Lipinski definition) is 0. The van der Waals surface area contributed by atoms with Crippen molar-refractivity contribution >= 4 is 8.60 Å². The molecule has 0 aliphatic heterocycles. The Morgan fingerprint density at radius 2 is 1.05 bits per heavy atom. The topological polar surface area (TPSA) is 41.5 Å². The third-order valence-corrected chi connectivity index (χ3v) is 3.12. The molecule has 0 radical (unpaired) electrons. The first-order valence-corrected chi connectivity index (χ1v) is 6.69. The van der Waals surface area contributed by atoms with E-state index in [0.29, 0.717) is 11.5 Å².